The van der Waals surface area contributed by atoms with E-state index in [2.05, 4.69) is 22.0 Å². The molecule has 1 aliphatic heterocycles. The predicted octanol–water partition coefficient (Wildman–Crippen LogP) is 4.81. The number of likely N-dealkylation sites (tertiary alicyclic amines) is 1. The Morgan fingerprint density at radius 3 is 2.29 bits per heavy atom. The number of aryl methyl sites for hydroxylation is 1. The number of benzene rings is 3. The Labute approximate surface area is 200 Å². The van der Waals surface area contributed by atoms with Crippen LogP contribution < -0.4 is 9.47 Å². The van der Waals surface area contributed by atoms with Crippen LogP contribution in [0, 0.1) is 0 Å². The summed E-state index contributed by atoms with van der Waals surface area (Å²) in [5.74, 6) is 1.54. The molecule has 1 N–H and O–H groups in total. The van der Waals surface area contributed by atoms with Crippen molar-refractivity contribution in [2.75, 3.05) is 26.2 Å². The van der Waals surface area contributed by atoms with E-state index in [1.165, 1.54) is 5.56 Å². The molecule has 0 saturated carbocycles. The fourth-order valence-electron chi connectivity index (χ4n) is 4.56. The first kappa shape index (κ1) is 22.4. The number of rotatable bonds is 8. The predicted molar refractivity (Wildman–Crippen MR) is 133 cm³/mol. The zero-order valence-corrected chi connectivity index (χ0v) is 19.6. The van der Waals surface area contributed by atoms with Gasteiger partial charge in [0.05, 0.1) is 16.6 Å². The highest BCUT2D eigenvalue weighted by Gasteiger charge is 2.32. The average molecular weight is 458 g/mol. The minimum absolute atomic E-state index is 0.562. The van der Waals surface area contributed by atoms with Crippen LogP contribution >= 0.6 is 0 Å². The molecule has 0 aliphatic carbocycles. The van der Waals surface area contributed by atoms with Gasteiger partial charge in [0.15, 0.2) is 0 Å². The van der Waals surface area contributed by atoms with Crippen molar-refractivity contribution in [2.45, 2.75) is 24.9 Å². The van der Waals surface area contributed by atoms with Crippen molar-refractivity contribution in [3.8, 4) is 17.5 Å². The van der Waals surface area contributed by atoms with Crippen molar-refractivity contribution in [2.24, 2.45) is 7.05 Å². The van der Waals surface area contributed by atoms with Crippen LogP contribution in [-0.4, -0.2) is 51.4 Å². The SMILES string of the molecule is Cn1c(Oc2ccc(OCCN3CCC(O)(Cc4ccccc4)CC3)cc2)nc2ccccc21. The van der Waals surface area contributed by atoms with Crippen LogP contribution in [0.25, 0.3) is 11.0 Å². The van der Waals surface area contributed by atoms with Crippen LogP contribution in [0.2, 0.25) is 0 Å². The van der Waals surface area contributed by atoms with Crippen LogP contribution in [0.15, 0.2) is 78.9 Å². The maximum atomic E-state index is 11.0. The van der Waals surface area contributed by atoms with Gasteiger partial charge in [-0.1, -0.05) is 42.5 Å². The first-order valence-corrected chi connectivity index (χ1v) is 11.9. The molecule has 6 heteroatoms. The number of ether oxygens (including phenoxy) is 2. The van der Waals surface area contributed by atoms with E-state index in [1.54, 1.807) is 0 Å². The molecule has 1 aliphatic rings. The summed E-state index contributed by atoms with van der Waals surface area (Å²) in [7, 11) is 1.95. The Bertz CT molecular complexity index is 1210. The van der Waals surface area contributed by atoms with Gasteiger partial charge in [0.1, 0.15) is 18.1 Å². The molecule has 1 aromatic heterocycles. The molecule has 6 nitrogen and oxygen atoms in total. The van der Waals surface area contributed by atoms with Crippen LogP contribution in [0.4, 0.5) is 0 Å². The molecule has 1 fully saturated rings. The summed E-state index contributed by atoms with van der Waals surface area (Å²) >= 11 is 0. The molecule has 1 saturated heterocycles. The minimum Gasteiger partial charge on any atom is -0.492 e. The Hall–Kier alpha value is -3.35. The van der Waals surface area contributed by atoms with Crippen LogP contribution in [-0.2, 0) is 13.5 Å². The summed E-state index contributed by atoms with van der Waals surface area (Å²) in [4.78, 5) is 6.91. The number of imidazole rings is 1. The Kier molecular flexibility index (Phi) is 6.52. The molecule has 3 aromatic carbocycles. The van der Waals surface area contributed by atoms with Gasteiger partial charge < -0.3 is 14.6 Å². The number of para-hydroxylation sites is 2. The van der Waals surface area contributed by atoms with Gasteiger partial charge in [-0.3, -0.25) is 9.47 Å². The second kappa shape index (κ2) is 9.87. The van der Waals surface area contributed by atoms with E-state index in [0.717, 1.165) is 61.4 Å². The van der Waals surface area contributed by atoms with Gasteiger partial charge in [0.2, 0.25) is 0 Å². The summed E-state index contributed by atoms with van der Waals surface area (Å²) in [6.07, 6.45) is 2.30. The zero-order chi connectivity index (χ0) is 23.4. The highest BCUT2D eigenvalue weighted by molar-refractivity contribution is 5.76. The highest BCUT2D eigenvalue weighted by atomic mass is 16.5. The lowest BCUT2D eigenvalue weighted by Crippen LogP contribution is -2.46. The summed E-state index contributed by atoms with van der Waals surface area (Å²) in [5.41, 5.74) is 2.54. The molecule has 2 heterocycles. The fraction of sp³-hybridized carbons (Fsp3) is 0.321. The monoisotopic (exact) mass is 457 g/mol. The molecular formula is C28H31N3O3. The van der Waals surface area contributed by atoms with E-state index in [4.69, 9.17) is 9.47 Å². The van der Waals surface area contributed by atoms with Crippen molar-refractivity contribution >= 4 is 11.0 Å². The van der Waals surface area contributed by atoms with Gasteiger partial charge in [0.25, 0.3) is 0 Å². The second-order valence-electron chi connectivity index (χ2n) is 9.09. The van der Waals surface area contributed by atoms with E-state index < -0.39 is 5.60 Å². The summed E-state index contributed by atoms with van der Waals surface area (Å²) in [6, 6.07) is 26.4. The molecule has 0 bridgehead atoms. The van der Waals surface area contributed by atoms with Gasteiger partial charge in [-0.15, -0.1) is 0 Å². The van der Waals surface area contributed by atoms with Gasteiger partial charge in [-0.25, -0.2) is 0 Å². The van der Waals surface area contributed by atoms with E-state index in [9.17, 15) is 5.11 Å². The summed E-state index contributed by atoms with van der Waals surface area (Å²) < 4.78 is 13.9. The van der Waals surface area contributed by atoms with Crippen LogP contribution in [0.3, 0.4) is 0 Å². The average Bonchev–Trinajstić information content (AvgIpc) is 3.17. The molecule has 176 valence electrons. The second-order valence-corrected chi connectivity index (χ2v) is 9.09. The largest absolute Gasteiger partial charge is 0.492 e. The number of hydrogen-bond donors (Lipinski definition) is 1. The lowest BCUT2D eigenvalue weighted by Gasteiger charge is -2.38. The molecule has 4 aromatic rings. The third kappa shape index (κ3) is 5.24. The fourth-order valence-corrected chi connectivity index (χ4v) is 4.56. The molecule has 0 spiro atoms. The molecular weight excluding hydrogens is 426 g/mol. The number of piperidine rings is 1. The van der Waals surface area contributed by atoms with Crippen molar-refractivity contribution in [1.29, 1.82) is 0 Å². The Morgan fingerprint density at radius 2 is 1.56 bits per heavy atom. The van der Waals surface area contributed by atoms with Crippen molar-refractivity contribution in [1.82, 2.24) is 14.5 Å². The number of fused-ring (bicyclic) bond motifs is 1. The Morgan fingerprint density at radius 1 is 0.882 bits per heavy atom. The van der Waals surface area contributed by atoms with E-state index >= 15 is 0 Å². The summed E-state index contributed by atoms with van der Waals surface area (Å²) in [5, 5.41) is 11.0. The third-order valence-electron chi connectivity index (χ3n) is 6.62. The zero-order valence-electron chi connectivity index (χ0n) is 19.6. The smallest absolute Gasteiger partial charge is 0.302 e. The molecule has 0 unspecified atom stereocenters. The molecule has 0 amide bonds. The minimum atomic E-state index is -0.604. The number of aromatic nitrogens is 2. The quantitative estimate of drug-likeness (QED) is 0.411. The van der Waals surface area contributed by atoms with E-state index in [-0.39, 0.29) is 0 Å². The molecule has 34 heavy (non-hydrogen) atoms. The molecule has 0 radical (unpaired) electrons. The third-order valence-corrected chi connectivity index (χ3v) is 6.62. The van der Waals surface area contributed by atoms with Crippen molar-refractivity contribution in [3.63, 3.8) is 0 Å². The molecule has 0 atom stereocenters. The maximum Gasteiger partial charge on any atom is 0.302 e. The number of nitrogens with zero attached hydrogens (tertiary/aromatic N) is 3. The first-order valence-electron chi connectivity index (χ1n) is 11.9. The standard InChI is InChI=1S/C28H31N3O3/c1-30-26-10-6-5-9-25(26)29-27(30)34-24-13-11-23(12-14-24)33-20-19-31-17-15-28(32,16-18-31)21-22-7-3-2-4-8-22/h2-14,32H,15-21H2,1H3. The van der Waals surface area contributed by atoms with Crippen molar-refractivity contribution in [3.05, 3.63) is 84.4 Å². The van der Waals surface area contributed by atoms with E-state index in [1.807, 2.05) is 78.3 Å². The maximum absolute atomic E-state index is 11.0. The van der Waals surface area contributed by atoms with Gasteiger partial charge in [-0.2, -0.15) is 4.98 Å². The lowest BCUT2D eigenvalue weighted by atomic mass is 9.85. The number of aliphatic hydroxyl groups is 1. The number of hydrogen-bond acceptors (Lipinski definition) is 5. The van der Waals surface area contributed by atoms with Crippen LogP contribution in [0.5, 0.6) is 17.5 Å². The topological polar surface area (TPSA) is 59.8 Å². The highest BCUT2D eigenvalue weighted by Crippen LogP contribution is 2.28. The normalized spacial score (nSPS) is 15.9. The Balaban J connectivity index is 1.07. The van der Waals surface area contributed by atoms with Crippen molar-refractivity contribution < 1.29 is 14.6 Å². The summed E-state index contributed by atoms with van der Waals surface area (Å²) in [6.45, 7) is 3.23. The van der Waals surface area contributed by atoms with Gasteiger partial charge >= 0.3 is 6.01 Å². The lowest BCUT2D eigenvalue weighted by molar-refractivity contribution is -0.0226. The van der Waals surface area contributed by atoms with Gasteiger partial charge in [-0.05, 0) is 54.8 Å². The molecule has 5 rings (SSSR count). The van der Waals surface area contributed by atoms with Crippen LogP contribution in [0.1, 0.15) is 18.4 Å². The van der Waals surface area contributed by atoms with Gasteiger partial charge in [0, 0.05) is 33.1 Å². The first-order chi connectivity index (χ1) is 16.6. The van der Waals surface area contributed by atoms with E-state index in [0.29, 0.717) is 12.6 Å².